The van der Waals surface area contributed by atoms with Crippen LogP contribution in [0.2, 0.25) is 0 Å². The van der Waals surface area contributed by atoms with Crippen LogP contribution in [0.3, 0.4) is 0 Å². The molecule has 0 aromatic carbocycles. The highest BCUT2D eigenvalue weighted by molar-refractivity contribution is 6.05. The maximum atomic E-state index is 11.7. The van der Waals surface area contributed by atoms with Gasteiger partial charge in [0.2, 0.25) is 11.8 Å². The molecule has 1 saturated heterocycles. The van der Waals surface area contributed by atoms with Crippen LogP contribution in [0.5, 0.6) is 0 Å². The normalized spacial score (nSPS) is 42.1. The molecule has 1 aliphatic carbocycles. The van der Waals surface area contributed by atoms with E-state index in [1.54, 1.807) is 0 Å². The van der Waals surface area contributed by atoms with Crippen LogP contribution in [0.15, 0.2) is 0 Å². The molecule has 3 unspecified atom stereocenters. The number of hydrogen-bond acceptors (Lipinski definition) is 3. The molecule has 4 heteroatoms. The van der Waals surface area contributed by atoms with Crippen molar-refractivity contribution < 1.29 is 9.59 Å². The van der Waals surface area contributed by atoms with E-state index in [2.05, 4.69) is 17.6 Å². The Morgan fingerprint density at radius 2 is 2.21 bits per heavy atom. The van der Waals surface area contributed by atoms with Gasteiger partial charge >= 0.3 is 0 Å². The summed E-state index contributed by atoms with van der Waals surface area (Å²) in [4.78, 5) is 23.1. The summed E-state index contributed by atoms with van der Waals surface area (Å²) in [5.41, 5.74) is -0.450. The van der Waals surface area contributed by atoms with Crippen LogP contribution in [0.1, 0.15) is 33.1 Å². The van der Waals surface area contributed by atoms with Crippen LogP contribution in [0.25, 0.3) is 0 Å². The number of carbonyl (C=O) groups excluding carboxylic acids is 2. The fraction of sp³-hybridized carbons (Fsp3) is 0.800. The number of rotatable bonds is 1. The van der Waals surface area contributed by atoms with Crippen molar-refractivity contribution in [2.45, 2.75) is 44.7 Å². The van der Waals surface area contributed by atoms with Gasteiger partial charge in [-0.3, -0.25) is 20.2 Å². The third-order valence-corrected chi connectivity index (χ3v) is 3.61. The molecule has 1 spiro atoms. The van der Waals surface area contributed by atoms with Crippen molar-refractivity contribution in [1.82, 2.24) is 10.6 Å². The molecule has 4 nitrogen and oxygen atoms in total. The average molecular weight is 196 g/mol. The lowest BCUT2D eigenvalue weighted by atomic mass is 9.65. The van der Waals surface area contributed by atoms with E-state index in [9.17, 15) is 9.59 Å². The Kier molecular flexibility index (Phi) is 2.10. The zero-order chi connectivity index (χ0) is 10.3. The van der Waals surface area contributed by atoms with Crippen molar-refractivity contribution in [2.24, 2.45) is 5.92 Å². The van der Waals surface area contributed by atoms with Gasteiger partial charge in [-0.2, -0.15) is 0 Å². The topological polar surface area (TPSA) is 58.2 Å². The minimum Gasteiger partial charge on any atom is -0.293 e. The molecule has 1 saturated carbocycles. The van der Waals surface area contributed by atoms with E-state index in [4.69, 9.17) is 0 Å². The molecule has 0 aromatic heterocycles. The third-order valence-electron chi connectivity index (χ3n) is 3.61. The van der Waals surface area contributed by atoms with Crippen molar-refractivity contribution >= 4 is 11.8 Å². The molecule has 2 amide bonds. The number of carbonyl (C=O) groups is 2. The van der Waals surface area contributed by atoms with Crippen molar-refractivity contribution in [3.8, 4) is 0 Å². The zero-order valence-electron chi connectivity index (χ0n) is 8.59. The monoisotopic (exact) mass is 196 g/mol. The molecule has 0 bridgehead atoms. The van der Waals surface area contributed by atoms with Gasteiger partial charge in [0.15, 0.2) is 0 Å². The van der Waals surface area contributed by atoms with E-state index >= 15 is 0 Å². The van der Waals surface area contributed by atoms with E-state index in [0.29, 0.717) is 5.92 Å². The first-order valence-electron chi connectivity index (χ1n) is 5.23. The average Bonchev–Trinajstić information content (AvgIpc) is 2.16. The van der Waals surface area contributed by atoms with E-state index in [-0.39, 0.29) is 17.9 Å². The van der Waals surface area contributed by atoms with Gasteiger partial charge in [0.25, 0.3) is 0 Å². The molecule has 2 N–H and O–H groups in total. The maximum Gasteiger partial charge on any atom is 0.247 e. The Morgan fingerprint density at radius 3 is 2.64 bits per heavy atom. The highest BCUT2D eigenvalue weighted by Crippen LogP contribution is 2.40. The maximum absolute atomic E-state index is 11.7. The molecular weight excluding hydrogens is 180 g/mol. The second-order valence-electron chi connectivity index (χ2n) is 4.33. The summed E-state index contributed by atoms with van der Waals surface area (Å²) in [6.45, 7) is 4.00. The summed E-state index contributed by atoms with van der Waals surface area (Å²) in [7, 11) is 0. The zero-order valence-corrected chi connectivity index (χ0v) is 8.59. The fourth-order valence-corrected chi connectivity index (χ4v) is 2.31. The predicted octanol–water partition coefficient (Wildman–Crippen LogP) is 0.180. The van der Waals surface area contributed by atoms with Gasteiger partial charge in [-0.15, -0.1) is 0 Å². The fourth-order valence-electron chi connectivity index (χ4n) is 2.31. The molecule has 0 radical (unpaired) electrons. The van der Waals surface area contributed by atoms with Gasteiger partial charge in [0.05, 0.1) is 6.04 Å². The van der Waals surface area contributed by atoms with E-state index in [1.165, 1.54) is 0 Å². The third kappa shape index (κ3) is 1.10. The molecule has 3 atom stereocenters. The van der Waals surface area contributed by atoms with Gasteiger partial charge in [0, 0.05) is 0 Å². The van der Waals surface area contributed by atoms with Crippen LogP contribution in [0, 0.1) is 5.92 Å². The Bertz CT molecular complexity index is 290. The standard InChI is InChI=1S/C10H16N2O2/c1-3-7-8(13)11-9(14)10(12-7)5-4-6(10)2/h6-7,12H,3-5H2,1-2H3,(H,11,13,14). The Labute approximate surface area is 83.4 Å². The molecule has 2 fully saturated rings. The minimum absolute atomic E-state index is 0.133. The van der Waals surface area contributed by atoms with Gasteiger partial charge in [-0.1, -0.05) is 13.8 Å². The van der Waals surface area contributed by atoms with Crippen molar-refractivity contribution in [2.75, 3.05) is 0 Å². The molecular formula is C10H16N2O2. The Morgan fingerprint density at radius 1 is 1.50 bits per heavy atom. The smallest absolute Gasteiger partial charge is 0.247 e. The van der Waals surface area contributed by atoms with E-state index < -0.39 is 5.54 Å². The number of nitrogens with one attached hydrogen (secondary N) is 2. The molecule has 0 aromatic rings. The lowest BCUT2D eigenvalue weighted by molar-refractivity contribution is -0.147. The summed E-state index contributed by atoms with van der Waals surface area (Å²) in [5.74, 6) is 0.0258. The minimum atomic E-state index is -0.450. The quantitative estimate of drug-likeness (QED) is 0.588. The van der Waals surface area contributed by atoms with E-state index in [1.807, 2.05) is 6.92 Å². The van der Waals surface area contributed by atoms with Crippen LogP contribution >= 0.6 is 0 Å². The van der Waals surface area contributed by atoms with Crippen molar-refractivity contribution in [3.05, 3.63) is 0 Å². The van der Waals surface area contributed by atoms with Crippen LogP contribution < -0.4 is 10.6 Å². The second kappa shape index (κ2) is 3.05. The highest BCUT2D eigenvalue weighted by atomic mass is 16.2. The molecule has 2 aliphatic rings. The molecule has 78 valence electrons. The summed E-state index contributed by atoms with van der Waals surface area (Å²) in [6, 6.07) is -0.199. The molecule has 1 aliphatic heterocycles. The first-order chi connectivity index (χ1) is 6.60. The predicted molar refractivity (Wildman–Crippen MR) is 51.5 cm³/mol. The van der Waals surface area contributed by atoms with Gasteiger partial charge in [0.1, 0.15) is 5.54 Å². The largest absolute Gasteiger partial charge is 0.293 e. The summed E-state index contributed by atoms with van der Waals surface area (Å²) in [5, 5.41) is 5.67. The summed E-state index contributed by atoms with van der Waals surface area (Å²) >= 11 is 0. The number of amides is 2. The van der Waals surface area contributed by atoms with Gasteiger partial charge < -0.3 is 0 Å². The summed E-state index contributed by atoms with van der Waals surface area (Å²) in [6.07, 6.45) is 2.64. The van der Waals surface area contributed by atoms with Crippen LogP contribution in [-0.4, -0.2) is 23.4 Å². The summed E-state index contributed by atoms with van der Waals surface area (Å²) < 4.78 is 0. The SMILES string of the molecule is CCC1NC2(CCC2C)C(=O)NC1=O. The van der Waals surface area contributed by atoms with Crippen molar-refractivity contribution in [1.29, 1.82) is 0 Å². The van der Waals surface area contributed by atoms with Crippen LogP contribution in [-0.2, 0) is 9.59 Å². The van der Waals surface area contributed by atoms with Crippen LogP contribution in [0.4, 0.5) is 0 Å². The highest BCUT2D eigenvalue weighted by Gasteiger charge is 2.54. The Hall–Kier alpha value is -0.900. The Balaban J connectivity index is 2.19. The number of piperazine rings is 1. The van der Waals surface area contributed by atoms with E-state index in [0.717, 1.165) is 19.3 Å². The lowest BCUT2D eigenvalue weighted by Gasteiger charge is -2.51. The first-order valence-corrected chi connectivity index (χ1v) is 5.23. The first kappa shape index (κ1) is 9.65. The molecule has 2 rings (SSSR count). The molecule has 1 heterocycles. The number of imide groups is 1. The van der Waals surface area contributed by atoms with Gasteiger partial charge in [-0.25, -0.2) is 0 Å². The van der Waals surface area contributed by atoms with Crippen molar-refractivity contribution in [3.63, 3.8) is 0 Å². The lowest BCUT2D eigenvalue weighted by Crippen LogP contribution is -2.75. The number of hydrogen-bond donors (Lipinski definition) is 2. The second-order valence-corrected chi connectivity index (χ2v) is 4.33. The van der Waals surface area contributed by atoms with Gasteiger partial charge in [-0.05, 0) is 25.2 Å². The molecule has 14 heavy (non-hydrogen) atoms.